The predicted molar refractivity (Wildman–Crippen MR) is 67.0 cm³/mol. The Morgan fingerprint density at radius 2 is 2.35 bits per heavy atom. The van der Waals surface area contributed by atoms with Crippen molar-refractivity contribution >= 4 is 17.5 Å². The van der Waals surface area contributed by atoms with Crippen molar-refractivity contribution in [3.63, 3.8) is 0 Å². The van der Waals surface area contributed by atoms with Crippen molar-refractivity contribution in [2.45, 2.75) is 25.3 Å². The van der Waals surface area contributed by atoms with E-state index in [9.17, 15) is 9.90 Å². The zero-order valence-electron chi connectivity index (χ0n) is 9.60. The Hall–Kier alpha value is -1.06. The number of carbonyl (C=O) groups excluding carboxylic acids is 1. The Labute approximate surface area is 106 Å². The Bertz CT molecular complexity index is 408. The topological polar surface area (TPSA) is 40.5 Å². The van der Waals surface area contributed by atoms with Gasteiger partial charge in [-0.25, -0.2) is 0 Å². The molecule has 0 spiro atoms. The molecule has 17 heavy (non-hydrogen) atoms. The highest BCUT2D eigenvalue weighted by Gasteiger charge is 2.27. The predicted octanol–water partition coefficient (Wildman–Crippen LogP) is 1.87. The highest BCUT2D eigenvalue weighted by molar-refractivity contribution is 6.30. The lowest BCUT2D eigenvalue weighted by Crippen LogP contribution is -2.38. The fourth-order valence-corrected chi connectivity index (χ4v) is 2.49. The van der Waals surface area contributed by atoms with Crippen molar-refractivity contribution in [3.05, 3.63) is 34.9 Å². The van der Waals surface area contributed by atoms with E-state index in [1.165, 1.54) is 0 Å². The zero-order valence-corrected chi connectivity index (χ0v) is 10.4. The molecule has 1 atom stereocenters. The molecule has 1 aromatic rings. The van der Waals surface area contributed by atoms with Gasteiger partial charge in [-0.15, -0.1) is 0 Å². The first-order chi connectivity index (χ1) is 8.20. The molecule has 1 N–H and O–H groups in total. The minimum Gasteiger partial charge on any atom is -0.394 e. The number of aliphatic hydroxyl groups excluding tert-OH is 1. The maximum atomic E-state index is 12.1. The third-order valence-electron chi connectivity index (χ3n) is 3.15. The number of benzene rings is 1. The molecule has 1 amide bonds. The molecule has 92 valence electrons. The standard InChI is InChI=1S/C13H16ClNO2/c14-11-4-1-3-10(7-11)8-13(17)15-6-2-5-12(15)9-16/h1,3-4,7,12,16H,2,5-6,8-9H2/t12-/m1/s1. The van der Waals surface area contributed by atoms with Crippen LogP contribution in [0, 0.1) is 0 Å². The van der Waals surface area contributed by atoms with Gasteiger partial charge >= 0.3 is 0 Å². The average molecular weight is 254 g/mol. The Morgan fingerprint density at radius 3 is 3.06 bits per heavy atom. The molecule has 2 rings (SSSR count). The molecule has 1 heterocycles. The van der Waals surface area contributed by atoms with Gasteiger partial charge in [0.15, 0.2) is 0 Å². The lowest BCUT2D eigenvalue weighted by Gasteiger charge is -2.23. The maximum Gasteiger partial charge on any atom is 0.227 e. The molecular formula is C13H16ClNO2. The summed E-state index contributed by atoms with van der Waals surface area (Å²) in [5, 5.41) is 9.83. The molecule has 0 radical (unpaired) electrons. The minimum absolute atomic E-state index is 0.00156. The van der Waals surface area contributed by atoms with Gasteiger partial charge < -0.3 is 10.0 Å². The monoisotopic (exact) mass is 253 g/mol. The summed E-state index contributed by atoms with van der Waals surface area (Å²) in [5.41, 5.74) is 0.922. The molecule has 1 aromatic carbocycles. The number of aliphatic hydroxyl groups is 1. The van der Waals surface area contributed by atoms with Crippen LogP contribution in [0.15, 0.2) is 24.3 Å². The van der Waals surface area contributed by atoms with Gasteiger partial charge in [-0.05, 0) is 30.5 Å². The van der Waals surface area contributed by atoms with Crippen LogP contribution in [0.25, 0.3) is 0 Å². The van der Waals surface area contributed by atoms with Gasteiger partial charge in [-0.1, -0.05) is 23.7 Å². The van der Waals surface area contributed by atoms with Crippen LogP contribution in [0.3, 0.4) is 0 Å². The number of hydrogen-bond donors (Lipinski definition) is 1. The first-order valence-electron chi connectivity index (χ1n) is 5.85. The number of likely N-dealkylation sites (tertiary alicyclic amines) is 1. The number of rotatable bonds is 3. The number of halogens is 1. The van der Waals surface area contributed by atoms with Crippen LogP contribution in [0.5, 0.6) is 0 Å². The second-order valence-corrected chi connectivity index (χ2v) is 4.81. The van der Waals surface area contributed by atoms with Gasteiger partial charge in [-0.2, -0.15) is 0 Å². The first-order valence-corrected chi connectivity index (χ1v) is 6.23. The molecule has 1 fully saturated rings. The van der Waals surface area contributed by atoms with E-state index in [1.807, 2.05) is 18.2 Å². The molecule has 0 bridgehead atoms. The number of nitrogens with zero attached hydrogens (tertiary/aromatic N) is 1. The van der Waals surface area contributed by atoms with Gasteiger partial charge in [0.05, 0.1) is 19.1 Å². The van der Waals surface area contributed by atoms with Gasteiger partial charge in [0, 0.05) is 11.6 Å². The SMILES string of the molecule is O=C(Cc1cccc(Cl)c1)N1CCC[C@@H]1CO. The third kappa shape index (κ3) is 2.99. The first kappa shape index (κ1) is 12.4. The van der Waals surface area contributed by atoms with Crippen LogP contribution in [-0.4, -0.2) is 35.1 Å². The van der Waals surface area contributed by atoms with Gasteiger partial charge in [0.25, 0.3) is 0 Å². The smallest absolute Gasteiger partial charge is 0.227 e. The summed E-state index contributed by atoms with van der Waals surface area (Å²) in [5.74, 6) is 0.0730. The molecule has 0 saturated carbocycles. The summed E-state index contributed by atoms with van der Waals surface area (Å²) in [6, 6.07) is 7.35. The molecule has 0 aliphatic carbocycles. The van der Waals surface area contributed by atoms with Crippen LogP contribution >= 0.6 is 11.6 Å². The van der Waals surface area contributed by atoms with E-state index in [4.69, 9.17) is 11.6 Å². The van der Waals surface area contributed by atoms with E-state index in [0.717, 1.165) is 24.9 Å². The number of hydrogen-bond acceptors (Lipinski definition) is 2. The zero-order chi connectivity index (χ0) is 12.3. The highest BCUT2D eigenvalue weighted by atomic mass is 35.5. The van der Waals surface area contributed by atoms with Crippen LogP contribution in [0.4, 0.5) is 0 Å². The van der Waals surface area contributed by atoms with E-state index in [1.54, 1.807) is 11.0 Å². The highest BCUT2D eigenvalue weighted by Crippen LogP contribution is 2.19. The number of amides is 1. The van der Waals surface area contributed by atoms with E-state index < -0.39 is 0 Å². The van der Waals surface area contributed by atoms with Crippen molar-refractivity contribution in [3.8, 4) is 0 Å². The Kier molecular flexibility index (Phi) is 4.02. The molecule has 1 saturated heterocycles. The summed E-state index contributed by atoms with van der Waals surface area (Å²) >= 11 is 5.88. The molecule has 0 aromatic heterocycles. The van der Waals surface area contributed by atoms with Crippen molar-refractivity contribution in [2.24, 2.45) is 0 Å². The fraction of sp³-hybridized carbons (Fsp3) is 0.462. The summed E-state index contributed by atoms with van der Waals surface area (Å²) < 4.78 is 0. The molecule has 4 heteroatoms. The molecule has 1 aliphatic heterocycles. The summed E-state index contributed by atoms with van der Waals surface area (Å²) in [6.07, 6.45) is 2.24. The third-order valence-corrected chi connectivity index (χ3v) is 3.39. The van der Waals surface area contributed by atoms with E-state index in [2.05, 4.69) is 0 Å². The largest absolute Gasteiger partial charge is 0.394 e. The molecule has 3 nitrogen and oxygen atoms in total. The Morgan fingerprint density at radius 1 is 1.53 bits per heavy atom. The average Bonchev–Trinajstić information content (AvgIpc) is 2.77. The molecule has 1 aliphatic rings. The number of carbonyl (C=O) groups is 1. The minimum atomic E-state index is 0.00156. The van der Waals surface area contributed by atoms with Crippen molar-refractivity contribution < 1.29 is 9.90 Å². The van der Waals surface area contributed by atoms with Gasteiger partial charge in [-0.3, -0.25) is 4.79 Å². The van der Waals surface area contributed by atoms with Crippen molar-refractivity contribution in [2.75, 3.05) is 13.2 Å². The molecule has 0 unspecified atom stereocenters. The van der Waals surface area contributed by atoms with Crippen LogP contribution in [0.2, 0.25) is 5.02 Å². The van der Waals surface area contributed by atoms with Crippen LogP contribution in [0.1, 0.15) is 18.4 Å². The van der Waals surface area contributed by atoms with Gasteiger partial charge in [0.2, 0.25) is 5.91 Å². The summed E-state index contributed by atoms with van der Waals surface area (Å²) in [4.78, 5) is 13.8. The summed E-state index contributed by atoms with van der Waals surface area (Å²) in [6.45, 7) is 0.811. The molecular weight excluding hydrogens is 238 g/mol. The van der Waals surface area contributed by atoms with Crippen molar-refractivity contribution in [1.82, 2.24) is 4.90 Å². The lowest BCUT2D eigenvalue weighted by atomic mass is 10.1. The summed E-state index contributed by atoms with van der Waals surface area (Å²) in [7, 11) is 0. The normalized spacial score (nSPS) is 19.6. The van der Waals surface area contributed by atoms with E-state index in [-0.39, 0.29) is 18.6 Å². The fourth-order valence-electron chi connectivity index (χ4n) is 2.28. The van der Waals surface area contributed by atoms with Gasteiger partial charge in [0.1, 0.15) is 0 Å². The van der Waals surface area contributed by atoms with E-state index in [0.29, 0.717) is 11.4 Å². The lowest BCUT2D eigenvalue weighted by molar-refractivity contribution is -0.131. The van der Waals surface area contributed by atoms with Crippen LogP contribution in [-0.2, 0) is 11.2 Å². The Balaban J connectivity index is 2.01. The van der Waals surface area contributed by atoms with E-state index >= 15 is 0 Å². The quantitative estimate of drug-likeness (QED) is 0.893. The van der Waals surface area contributed by atoms with Crippen molar-refractivity contribution in [1.29, 1.82) is 0 Å². The maximum absolute atomic E-state index is 12.1. The van der Waals surface area contributed by atoms with Crippen LogP contribution < -0.4 is 0 Å². The second-order valence-electron chi connectivity index (χ2n) is 4.37. The second kappa shape index (κ2) is 5.52.